The highest BCUT2D eigenvalue weighted by atomic mass is 13.9. The van der Waals surface area contributed by atoms with Crippen molar-refractivity contribution in [3.63, 3.8) is 0 Å². The van der Waals surface area contributed by atoms with Crippen molar-refractivity contribution in [3.8, 4) is 0 Å². The molecule has 0 heterocycles. The van der Waals surface area contributed by atoms with Gasteiger partial charge in [-0.3, -0.25) is 0 Å². The Morgan fingerprint density at radius 2 is 2.00 bits per heavy atom. The third kappa shape index (κ3) is 2.27. The fraction of sp³-hybridized carbons (Fsp3) is 0.333. The van der Waals surface area contributed by atoms with Crippen LogP contribution in [0, 0.1) is 0 Å². The maximum absolute atomic E-state index is 5.25. The molecule has 2 radical (unpaired) electrons. The van der Waals surface area contributed by atoms with Gasteiger partial charge in [0.15, 0.2) is 0 Å². The Morgan fingerprint density at radius 1 is 1.57 bits per heavy atom. The van der Waals surface area contributed by atoms with E-state index in [1.54, 1.807) is 0 Å². The Morgan fingerprint density at radius 3 is 2.00 bits per heavy atom. The molecule has 0 aromatic heterocycles. The molecular formula is C6H9B. The predicted molar refractivity (Wildman–Crippen MR) is 34.3 cm³/mol. The van der Waals surface area contributed by atoms with Gasteiger partial charge in [0.1, 0.15) is 7.85 Å². The van der Waals surface area contributed by atoms with Gasteiger partial charge >= 0.3 is 0 Å². The van der Waals surface area contributed by atoms with Gasteiger partial charge in [0.2, 0.25) is 0 Å². The fourth-order valence-corrected chi connectivity index (χ4v) is 0.227. The highest BCUT2D eigenvalue weighted by Gasteiger charge is 1.84. The molecule has 0 aromatic carbocycles. The molecule has 0 aromatic rings. The van der Waals surface area contributed by atoms with Crippen molar-refractivity contribution >= 4 is 7.85 Å². The van der Waals surface area contributed by atoms with E-state index in [-0.39, 0.29) is 0 Å². The van der Waals surface area contributed by atoms with Gasteiger partial charge in [0.05, 0.1) is 0 Å². The Hall–Kier alpha value is -0.455. The van der Waals surface area contributed by atoms with E-state index in [4.69, 9.17) is 7.85 Å². The maximum Gasteiger partial charge on any atom is 0.113 e. The molecule has 7 heavy (non-hydrogen) atoms. The third-order valence-electron chi connectivity index (χ3n) is 0.881. The highest BCUT2D eigenvalue weighted by Crippen LogP contribution is 2.02. The molecule has 0 unspecified atom stereocenters. The van der Waals surface area contributed by atoms with Crippen molar-refractivity contribution in [3.05, 3.63) is 24.2 Å². The smallest absolute Gasteiger partial charge is 0.106 e. The van der Waals surface area contributed by atoms with Crippen LogP contribution in [0.2, 0.25) is 0 Å². The van der Waals surface area contributed by atoms with Crippen LogP contribution in [0.25, 0.3) is 0 Å². The third-order valence-corrected chi connectivity index (χ3v) is 0.881. The summed E-state index contributed by atoms with van der Waals surface area (Å²) in [5.74, 6) is 0. The molecule has 0 saturated carbocycles. The SMILES string of the molecule is [B]C(=C)C(=C)CC. The summed E-state index contributed by atoms with van der Waals surface area (Å²) < 4.78 is 0. The van der Waals surface area contributed by atoms with Gasteiger partial charge < -0.3 is 0 Å². The van der Waals surface area contributed by atoms with E-state index in [0.29, 0.717) is 5.47 Å². The van der Waals surface area contributed by atoms with Crippen LogP contribution in [0.3, 0.4) is 0 Å². The second-order valence-corrected chi connectivity index (χ2v) is 1.48. The molecule has 0 aliphatic rings. The first-order chi connectivity index (χ1) is 3.18. The summed E-state index contributed by atoms with van der Waals surface area (Å²) in [6.07, 6.45) is 0.898. The van der Waals surface area contributed by atoms with Crippen LogP contribution >= 0.6 is 0 Å². The minimum atomic E-state index is 0.600. The van der Waals surface area contributed by atoms with E-state index in [9.17, 15) is 0 Å². The molecular weight excluding hydrogens is 82.9 g/mol. The van der Waals surface area contributed by atoms with Crippen LogP contribution in [0.1, 0.15) is 13.3 Å². The number of rotatable bonds is 2. The van der Waals surface area contributed by atoms with Gasteiger partial charge in [-0.1, -0.05) is 19.1 Å². The zero-order valence-corrected chi connectivity index (χ0v) is 4.70. The molecule has 0 aliphatic heterocycles. The van der Waals surface area contributed by atoms with Gasteiger partial charge in [-0.2, -0.15) is 0 Å². The Balaban J connectivity index is 3.58. The summed E-state index contributed by atoms with van der Waals surface area (Å²) >= 11 is 0. The number of hydrogen-bond donors (Lipinski definition) is 0. The van der Waals surface area contributed by atoms with Gasteiger partial charge in [0, 0.05) is 0 Å². The molecule has 0 amide bonds. The topological polar surface area (TPSA) is 0 Å². The molecule has 0 rings (SSSR count). The second-order valence-electron chi connectivity index (χ2n) is 1.48. The zero-order chi connectivity index (χ0) is 5.86. The van der Waals surface area contributed by atoms with Crippen molar-refractivity contribution in [2.75, 3.05) is 0 Å². The molecule has 0 nitrogen and oxygen atoms in total. The molecule has 0 atom stereocenters. The first-order valence-electron chi connectivity index (χ1n) is 2.31. The Bertz CT molecular complexity index is 92.4. The second kappa shape index (κ2) is 2.67. The zero-order valence-electron chi connectivity index (χ0n) is 4.70. The lowest BCUT2D eigenvalue weighted by atomic mass is 9.90. The van der Waals surface area contributed by atoms with Crippen molar-refractivity contribution in [2.24, 2.45) is 0 Å². The van der Waals surface area contributed by atoms with E-state index in [1.165, 1.54) is 0 Å². The van der Waals surface area contributed by atoms with Gasteiger partial charge in [0.25, 0.3) is 0 Å². The van der Waals surface area contributed by atoms with Crippen LogP contribution in [-0.2, 0) is 0 Å². The summed E-state index contributed by atoms with van der Waals surface area (Å²) in [4.78, 5) is 0. The van der Waals surface area contributed by atoms with Gasteiger partial charge in [-0.05, 0) is 6.42 Å². The fourth-order valence-electron chi connectivity index (χ4n) is 0.227. The summed E-state index contributed by atoms with van der Waals surface area (Å²) in [5, 5.41) is 0. The van der Waals surface area contributed by atoms with Crippen LogP contribution in [0.15, 0.2) is 24.2 Å². The van der Waals surface area contributed by atoms with E-state index in [2.05, 4.69) is 13.2 Å². The number of hydrogen-bond acceptors (Lipinski definition) is 0. The average Bonchev–Trinajstić information content (AvgIpc) is 1.65. The van der Waals surface area contributed by atoms with Crippen LogP contribution in [-0.4, -0.2) is 7.85 Å². The highest BCUT2D eigenvalue weighted by molar-refractivity contribution is 6.23. The molecule has 0 saturated heterocycles. The lowest BCUT2D eigenvalue weighted by Gasteiger charge is -1.96. The Kier molecular flexibility index (Phi) is 2.50. The minimum Gasteiger partial charge on any atom is -0.106 e. The first kappa shape index (κ1) is 6.54. The van der Waals surface area contributed by atoms with Crippen LogP contribution in [0.5, 0.6) is 0 Å². The van der Waals surface area contributed by atoms with Crippen LogP contribution < -0.4 is 0 Å². The minimum absolute atomic E-state index is 0.600. The molecule has 1 heteroatoms. The maximum atomic E-state index is 5.25. The van der Waals surface area contributed by atoms with Crippen molar-refractivity contribution < 1.29 is 0 Å². The Labute approximate surface area is 46.3 Å². The quantitative estimate of drug-likeness (QED) is 0.358. The molecule has 0 fully saturated rings. The normalized spacial score (nSPS) is 8.14. The molecule has 0 spiro atoms. The van der Waals surface area contributed by atoms with E-state index in [0.717, 1.165) is 12.0 Å². The molecule has 0 bridgehead atoms. The first-order valence-corrected chi connectivity index (χ1v) is 2.31. The van der Waals surface area contributed by atoms with E-state index < -0.39 is 0 Å². The van der Waals surface area contributed by atoms with Crippen molar-refractivity contribution in [2.45, 2.75) is 13.3 Å². The summed E-state index contributed by atoms with van der Waals surface area (Å²) in [6.45, 7) is 9.15. The van der Waals surface area contributed by atoms with Gasteiger partial charge in [-0.25, -0.2) is 0 Å². The monoisotopic (exact) mass is 92.1 g/mol. The lowest BCUT2D eigenvalue weighted by molar-refractivity contribution is 1.15. The number of allylic oxidation sites excluding steroid dienone is 2. The van der Waals surface area contributed by atoms with Crippen molar-refractivity contribution in [1.29, 1.82) is 0 Å². The standard InChI is InChI=1S/C6H9B/c1-4-5(2)6(3)7/h2-4H2,1H3. The lowest BCUT2D eigenvalue weighted by Crippen LogP contribution is -1.80. The van der Waals surface area contributed by atoms with E-state index in [1.807, 2.05) is 6.92 Å². The predicted octanol–water partition coefficient (Wildman–Crippen LogP) is 1.63. The molecule has 36 valence electrons. The molecule has 0 N–H and O–H groups in total. The average molecular weight is 92.0 g/mol. The van der Waals surface area contributed by atoms with Crippen LogP contribution in [0.4, 0.5) is 0 Å². The van der Waals surface area contributed by atoms with Gasteiger partial charge in [-0.15, -0.1) is 12.1 Å². The van der Waals surface area contributed by atoms with E-state index >= 15 is 0 Å². The largest absolute Gasteiger partial charge is 0.113 e. The summed E-state index contributed by atoms with van der Waals surface area (Å²) in [5.41, 5.74) is 1.53. The van der Waals surface area contributed by atoms with Crippen molar-refractivity contribution in [1.82, 2.24) is 0 Å². The molecule has 0 aliphatic carbocycles. The summed E-state index contributed by atoms with van der Waals surface area (Å²) in [7, 11) is 5.25. The summed E-state index contributed by atoms with van der Waals surface area (Å²) in [6, 6.07) is 0.